The van der Waals surface area contributed by atoms with E-state index in [0.717, 1.165) is 17.7 Å². The van der Waals surface area contributed by atoms with E-state index in [1.165, 1.54) is 12.1 Å². The maximum absolute atomic E-state index is 12.7. The summed E-state index contributed by atoms with van der Waals surface area (Å²) in [6, 6.07) is 11.7. The van der Waals surface area contributed by atoms with Gasteiger partial charge in [-0.3, -0.25) is 4.79 Å². The van der Waals surface area contributed by atoms with Gasteiger partial charge >= 0.3 is 6.18 Å². The van der Waals surface area contributed by atoms with Gasteiger partial charge in [-0.25, -0.2) is 0 Å². The van der Waals surface area contributed by atoms with Crippen molar-refractivity contribution in [2.45, 2.75) is 32.5 Å². The SMILES string of the molecule is CC[C@H](Oc1ccc(C)cc1)C(=O)Nc1cccc(C(F)(F)F)c1. The van der Waals surface area contributed by atoms with Crippen LogP contribution in [0.4, 0.5) is 18.9 Å². The van der Waals surface area contributed by atoms with Crippen LogP contribution in [0.25, 0.3) is 0 Å². The predicted molar refractivity (Wildman–Crippen MR) is 86.0 cm³/mol. The highest BCUT2D eigenvalue weighted by atomic mass is 19.4. The summed E-state index contributed by atoms with van der Waals surface area (Å²) in [5, 5.41) is 2.47. The standard InChI is InChI=1S/C18H18F3NO2/c1-3-16(24-15-9-7-12(2)8-10-15)17(23)22-14-6-4-5-13(11-14)18(19,20)21/h4-11,16H,3H2,1-2H3,(H,22,23)/t16-/m0/s1. The summed E-state index contributed by atoms with van der Waals surface area (Å²) in [6.07, 6.45) is -4.86. The van der Waals surface area contributed by atoms with Crippen LogP contribution in [0.5, 0.6) is 5.75 Å². The first-order valence-electron chi connectivity index (χ1n) is 7.51. The Kier molecular flexibility index (Phi) is 5.49. The lowest BCUT2D eigenvalue weighted by molar-refractivity contribution is -0.137. The van der Waals surface area contributed by atoms with Gasteiger partial charge in [0, 0.05) is 5.69 Å². The van der Waals surface area contributed by atoms with Crippen LogP contribution in [0.2, 0.25) is 0 Å². The minimum absolute atomic E-state index is 0.0841. The minimum Gasteiger partial charge on any atom is -0.481 e. The third-order valence-electron chi connectivity index (χ3n) is 3.42. The average Bonchev–Trinajstić information content (AvgIpc) is 2.53. The Morgan fingerprint density at radius 1 is 1.17 bits per heavy atom. The molecule has 128 valence electrons. The van der Waals surface area contributed by atoms with E-state index in [9.17, 15) is 18.0 Å². The number of hydrogen-bond donors (Lipinski definition) is 1. The van der Waals surface area contributed by atoms with E-state index in [0.29, 0.717) is 12.2 Å². The predicted octanol–water partition coefficient (Wildman–Crippen LogP) is 4.81. The summed E-state index contributed by atoms with van der Waals surface area (Å²) < 4.78 is 43.8. The van der Waals surface area contributed by atoms with Crippen LogP contribution in [0, 0.1) is 6.92 Å². The van der Waals surface area contributed by atoms with Crippen LogP contribution in [-0.2, 0) is 11.0 Å². The molecule has 2 rings (SSSR count). The number of nitrogens with one attached hydrogen (secondary N) is 1. The van der Waals surface area contributed by atoms with Crippen molar-refractivity contribution >= 4 is 11.6 Å². The van der Waals surface area contributed by atoms with Crippen molar-refractivity contribution in [1.82, 2.24) is 0 Å². The van der Waals surface area contributed by atoms with Gasteiger partial charge in [-0.2, -0.15) is 13.2 Å². The highest BCUT2D eigenvalue weighted by Crippen LogP contribution is 2.30. The summed E-state index contributed by atoms with van der Waals surface area (Å²) in [5.74, 6) is 0.0454. The Morgan fingerprint density at radius 2 is 1.83 bits per heavy atom. The summed E-state index contributed by atoms with van der Waals surface area (Å²) in [6.45, 7) is 3.70. The van der Waals surface area contributed by atoms with Crippen molar-refractivity contribution in [2.75, 3.05) is 5.32 Å². The first kappa shape index (κ1) is 17.8. The fourth-order valence-corrected chi connectivity index (χ4v) is 2.10. The third kappa shape index (κ3) is 4.75. The molecule has 0 saturated heterocycles. The van der Waals surface area contributed by atoms with Crippen molar-refractivity contribution in [3.8, 4) is 5.75 Å². The number of rotatable bonds is 5. The maximum atomic E-state index is 12.7. The number of carbonyl (C=O) groups is 1. The van der Waals surface area contributed by atoms with Crippen LogP contribution in [-0.4, -0.2) is 12.0 Å². The van der Waals surface area contributed by atoms with Crippen LogP contribution in [0.15, 0.2) is 48.5 Å². The molecule has 0 fully saturated rings. The van der Waals surface area contributed by atoms with E-state index in [1.807, 2.05) is 19.1 Å². The van der Waals surface area contributed by atoms with Gasteiger partial charge in [-0.05, 0) is 43.7 Å². The molecule has 0 aliphatic carbocycles. The minimum atomic E-state index is -4.46. The fraction of sp³-hybridized carbons (Fsp3) is 0.278. The van der Waals surface area contributed by atoms with Gasteiger partial charge in [-0.1, -0.05) is 30.7 Å². The molecule has 3 nitrogen and oxygen atoms in total. The molecule has 0 saturated carbocycles. The molecule has 0 unspecified atom stereocenters. The molecular formula is C18H18F3NO2. The molecule has 1 N–H and O–H groups in total. The van der Waals surface area contributed by atoms with Crippen molar-refractivity contribution in [1.29, 1.82) is 0 Å². The molecule has 0 spiro atoms. The second-order valence-electron chi connectivity index (χ2n) is 5.40. The molecule has 6 heteroatoms. The van der Waals surface area contributed by atoms with Gasteiger partial charge in [0.2, 0.25) is 0 Å². The third-order valence-corrected chi connectivity index (χ3v) is 3.42. The first-order chi connectivity index (χ1) is 11.3. The maximum Gasteiger partial charge on any atom is 0.416 e. The highest BCUT2D eigenvalue weighted by molar-refractivity contribution is 5.94. The molecule has 2 aromatic carbocycles. The molecule has 1 amide bonds. The van der Waals surface area contributed by atoms with Gasteiger partial charge in [0.05, 0.1) is 5.56 Å². The lowest BCUT2D eigenvalue weighted by Crippen LogP contribution is -2.32. The summed E-state index contributed by atoms with van der Waals surface area (Å²) in [7, 11) is 0. The van der Waals surface area contributed by atoms with Gasteiger partial charge in [0.15, 0.2) is 6.10 Å². The zero-order chi connectivity index (χ0) is 17.7. The quantitative estimate of drug-likeness (QED) is 0.850. The monoisotopic (exact) mass is 337 g/mol. The number of benzene rings is 2. The van der Waals surface area contributed by atoms with Crippen molar-refractivity contribution in [3.05, 3.63) is 59.7 Å². The van der Waals surface area contributed by atoms with E-state index in [4.69, 9.17) is 4.74 Å². The van der Waals surface area contributed by atoms with Crippen LogP contribution < -0.4 is 10.1 Å². The molecule has 0 aromatic heterocycles. The van der Waals surface area contributed by atoms with Crippen molar-refractivity contribution in [2.24, 2.45) is 0 Å². The number of ether oxygens (including phenoxy) is 1. The van der Waals surface area contributed by atoms with E-state index in [2.05, 4.69) is 5.32 Å². The number of hydrogen-bond acceptors (Lipinski definition) is 2. The Balaban J connectivity index is 2.08. The summed E-state index contributed by atoms with van der Waals surface area (Å²) in [4.78, 5) is 12.3. The Bertz CT molecular complexity index is 696. The number of aryl methyl sites for hydroxylation is 1. The highest BCUT2D eigenvalue weighted by Gasteiger charge is 2.30. The molecule has 0 bridgehead atoms. The summed E-state index contributed by atoms with van der Waals surface area (Å²) >= 11 is 0. The van der Waals surface area contributed by atoms with Crippen LogP contribution >= 0.6 is 0 Å². The molecule has 2 aromatic rings. The lowest BCUT2D eigenvalue weighted by atomic mass is 10.2. The second kappa shape index (κ2) is 7.38. The number of anilines is 1. The number of carbonyl (C=O) groups excluding carboxylic acids is 1. The molecule has 24 heavy (non-hydrogen) atoms. The molecule has 0 radical (unpaired) electrons. The van der Waals surface area contributed by atoms with E-state index < -0.39 is 23.8 Å². The van der Waals surface area contributed by atoms with Gasteiger partial charge in [0.1, 0.15) is 5.75 Å². The largest absolute Gasteiger partial charge is 0.481 e. The topological polar surface area (TPSA) is 38.3 Å². The Morgan fingerprint density at radius 3 is 2.42 bits per heavy atom. The molecule has 1 atom stereocenters. The average molecular weight is 337 g/mol. The molecule has 0 heterocycles. The Labute approximate surface area is 138 Å². The lowest BCUT2D eigenvalue weighted by Gasteiger charge is -2.18. The van der Waals surface area contributed by atoms with Crippen molar-refractivity contribution in [3.63, 3.8) is 0 Å². The second-order valence-corrected chi connectivity index (χ2v) is 5.40. The molecule has 0 aliphatic heterocycles. The number of halogens is 3. The van der Waals surface area contributed by atoms with Gasteiger partial charge < -0.3 is 10.1 Å². The number of amides is 1. The fourth-order valence-electron chi connectivity index (χ4n) is 2.10. The van der Waals surface area contributed by atoms with E-state index >= 15 is 0 Å². The smallest absolute Gasteiger partial charge is 0.416 e. The van der Waals surface area contributed by atoms with Gasteiger partial charge in [-0.15, -0.1) is 0 Å². The van der Waals surface area contributed by atoms with Crippen LogP contribution in [0.1, 0.15) is 24.5 Å². The number of alkyl halides is 3. The zero-order valence-corrected chi connectivity index (χ0v) is 13.4. The van der Waals surface area contributed by atoms with E-state index in [1.54, 1.807) is 19.1 Å². The first-order valence-corrected chi connectivity index (χ1v) is 7.51. The van der Waals surface area contributed by atoms with Crippen molar-refractivity contribution < 1.29 is 22.7 Å². The van der Waals surface area contributed by atoms with Crippen LogP contribution in [0.3, 0.4) is 0 Å². The summed E-state index contributed by atoms with van der Waals surface area (Å²) in [5.41, 5.74) is 0.331. The Hall–Kier alpha value is -2.50. The molecule has 0 aliphatic rings. The molecular weight excluding hydrogens is 319 g/mol. The normalized spacial score (nSPS) is 12.5. The van der Waals surface area contributed by atoms with E-state index in [-0.39, 0.29) is 5.69 Å². The zero-order valence-electron chi connectivity index (χ0n) is 13.4. The van der Waals surface area contributed by atoms with Gasteiger partial charge in [0.25, 0.3) is 5.91 Å².